The van der Waals surface area contributed by atoms with Crippen molar-refractivity contribution < 1.29 is 14.4 Å². The highest BCUT2D eigenvalue weighted by Gasteiger charge is 2.11. The molecular weight excluding hydrogens is 224 g/mol. The fourth-order valence-corrected chi connectivity index (χ4v) is 1.48. The maximum absolute atomic E-state index is 11.7. The molecule has 0 aliphatic heterocycles. The SMILES string of the molecule is Cc1cc(Cn2cccc(C(=O)O)c2=O)on1. The van der Waals surface area contributed by atoms with Gasteiger partial charge in [-0.3, -0.25) is 4.79 Å². The monoisotopic (exact) mass is 234 g/mol. The smallest absolute Gasteiger partial charge is 0.341 e. The molecule has 17 heavy (non-hydrogen) atoms. The van der Waals surface area contributed by atoms with E-state index < -0.39 is 11.5 Å². The van der Waals surface area contributed by atoms with E-state index in [0.29, 0.717) is 11.5 Å². The molecule has 0 atom stereocenters. The largest absolute Gasteiger partial charge is 0.477 e. The molecule has 2 aromatic rings. The lowest BCUT2D eigenvalue weighted by atomic mass is 10.2. The van der Waals surface area contributed by atoms with Gasteiger partial charge in [-0.25, -0.2) is 4.79 Å². The number of aryl methyl sites for hydroxylation is 1. The summed E-state index contributed by atoms with van der Waals surface area (Å²) in [6.45, 7) is 1.93. The van der Waals surface area contributed by atoms with Crippen LogP contribution in [0.2, 0.25) is 0 Å². The van der Waals surface area contributed by atoms with Crippen LogP contribution in [0.15, 0.2) is 33.7 Å². The van der Waals surface area contributed by atoms with Crippen molar-refractivity contribution >= 4 is 5.97 Å². The van der Waals surface area contributed by atoms with Gasteiger partial charge in [-0.15, -0.1) is 0 Å². The number of nitrogens with zero attached hydrogens (tertiary/aromatic N) is 2. The van der Waals surface area contributed by atoms with Crippen molar-refractivity contribution in [3.63, 3.8) is 0 Å². The summed E-state index contributed by atoms with van der Waals surface area (Å²) >= 11 is 0. The van der Waals surface area contributed by atoms with Crippen LogP contribution in [0.25, 0.3) is 0 Å². The Kier molecular flexibility index (Phi) is 2.78. The van der Waals surface area contributed by atoms with Gasteiger partial charge in [0, 0.05) is 12.3 Å². The van der Waals surface area contributed by atoms with E-state index in [2.05, 4.69) is 5.16 Å². The average molecular weight is 234 g/mol. The first-order chi connectivity index (χ1) is 8.08. The maximum atomic E-state index is 11.7. The highest BCUT2D eigenvalue weighted by Crippen LogP contribution is 2.04. The van der Waals surface area contributed by atoms with Crippen LogP contribution < -0.4 is 5.56 Å². The molecule has 0 unspecified atom stereocenters. The predicted molar refractivity (Wildman–Crippen MR) is 58.0 cm³/mol. The summed E-state index contributed by atoms with van der Waals surface area (Å²) in [6, 6.07) is 4.47. The third-order valence-electron chi connectivity index (χ3n) is 2.25. The number of aromatic carboxylic acids is 1. The highest BCUT2D eigenvalue weighted by atomic mass is 16.5. The molecular formula is C11H10N2O4. The van der Waals surface area contributed by atoms with Crippen LogP contribution in [0.3, 0.4) is 0 Å². The van der Waals surface area contributed by atoms with E-state index in [-0.39, 0.29) is 12.1 Å². The lowest BCUT2D eigenvalue weighted by Crippen LogP contribution is -2.25. The maximum Gasteiger partial charge on any atom is 0.341 e. The minimum absolute atomic E-state index is 0.167. The molecule has 88 valence electrons. The number of carboxylic acids is 1. The summed E-state index contributed by atoms with van der Waals surface area (Å²) < 4.78 is 6.23. The van der Waals surface area contributed by atoms with Crippen molar-refractivity contribution in [2.75, 3.05) is 0 Å². The summed E-state index contributed by atoms with van der Waals surface area (Å²) in [7, 11) is 0. The molecule has 6 nitrogen and oxygen atoms in total. The summed E-state index contributed by atoms with van der Waals surface area (Å²) in [6.07, 6.45) is 1.51. The Morgan fingerprint density at radius 1 is 1.59 bits per heavy atom. The summed E-state index contributed by atoms with van der Waals surface area (Å²) in [4.78, 5) is 22.5. The topological polar surface area (TPSA) is 85.3 Å². The Morgan fingerprint density at radius 3 is 2.94 bits per heavy atom. The molecule has 0 aliphatic rings. The molecule has 0 bridgehead atoms. The van der Waals surface area contributed by atoms with Crippen molar-refractivity contribution in [3.05, 3.63) is 51.8 Å². The van der Waals surface area contributed by atoms with Crippen LogP contribution >= 0.6 is 0 Å². The Labute approximate surface area is 96.1 Å². The standard InChI is InChI=1S/C11H10N2O4/c1-7-5-8(17-12-7)6-13-4-2-3-9(10(13)14)11(15)16/h2-5H,6H2,1H3,(H,15,16). The zero-order valence-electron chi connectivity index (χ0n) is 9.08. The second-order valence-corrected chi connectivity index (χ2v) is 3.59. The van der Waals surface area contributed by atoms with Gasteiger partial charge in [0.05, 0.1) is 12.2 Å². The van der Waals surface area contributed by atoms with E-state index in [9.17, 15) is 9.59 Å². The van der Waals surface area contributed by atoms with Gasteiger partial charge in [-0.2, -0.15) is 0 Å². The molecule has 0 aromatic carbocycles. The minimum Gasteiger partial charge on any atom is -0.477 e. The van der Waals surface area contributed by atoms with E-state index >= 15 is 0 Å². The molecule has 0 amide bonds. The number of carboxylic acid groups (broad SMARTS) is 1. The van der Waals surface area contributed by atoms with Gasteiger partial charge in [0.15, 0.2) is 5.76 Å². The van der Waals surface area contributed by atoms with Crippen LogP contribution in [-0.4, -0.2) is 20.8 Å². The van der Waals surface area contributed by atoms with E-state index in [4.69, 9.17) is 9.63 Å². The number of rotatable bonds is 3. The third kappa shape index (κ3) is 2.25. The second kappa shape index (κ2) is 4.25. The summed E-state index contributed by atoms with van der Waals surface area (Å²) in [5.41, 5.74) is -0.111. The van der Waals surface area contributed by atoms with Gasteiger partial charge in [-0.1, -0.05) is 5.16 Å². The number of carbonyl (C=O) groups is 1. The molecule has 0 radical (unpaired) electrons. The van der Waals surface area contributed by atoms with Crippen molar-refractivity contribution in [1.82, 2.24) is 9.72 Å². The van der Waals surface area contributed by atoms with Gasteiger partial charge in [0.1, 0.15) is 5.56 Å². The lowest BCUT2D eigenvalue weighted by molar-refractivity contribution is 0.0694. The van der Waals surface area contributed by atoms with Crippen molar-refractivity contribution in [1.29, 1.82) is 0 Å². The zero-order chi connectivity index (χ0) is 12.4. The van der Waals surface area contributed by atoms with Gasteiger partial charge in [0.2, 0.25) is 0 Å². The first-order valence-corrected chi connectivity index (χ1v) is 4.93. The Hall–Kier alpha value is -2.37. The van der Waals surface area contributed by atoms with E-state index in [1.54, 1.807) is 13.0 Å². The van der Waals surface area contributed by atoms with Crippen LogP contribution in [0, 0.1) is 6.92 Å². The number of pyridine rings is 1. The molecule has 2 rings (SSSR count). The first kappa shape index (κ1) is 11.1. The predicted octanol–water partition coefficient (Wildman–Crippen LogP) is 0.891. The van der Waals surface area contributed by atoms with Crippen molar-refractivity contribution in [3.8, 4) is 0 Å². The lowest BCUT2D eigenvalue weighted by Gasteiger charge is -2.03. The summed E-state index contributed by atoms with van der Waals surface area (Å²) in [5, 5.41) is 12.5. The zero-order valence-corrected chi connectivity index (χ0v) is 9.08. The number of aromatic nitrogens is 2. The molecule has 0 spiro atoms. The average Bonchev–Trinajstić information content (AvgIpc) is 2.67. The van der Waals surface area contributed by atoms with Gasteiger partial charge < -0.3 is 14.2 Å². The molecule has 1 N–H and O–H groups in total. The van der Waals surface area contributed by atoms with E-state index in [0.717, 1.165) is 0 Å². The molecule has 2 heterocycles. The van der Waals surface area contributed by atoms with Gasteiger partial charge in [-0.05, 0) is 19.1 Å². The Balaban J connectivity index is 2.37. The molecule has 6 heteroatoms. The van der Waals surface area contributed by atoms with Crippen molar-refractivity contribution in [2.24, 2.45) is 0 Å². The Morgan fingerprint density at radius 2 is 2.35 bits per heavy atom. The van der Waals surface area contributed by atoms with Gasteiger partial charge >= 0.3 is 5.97 Å². The molecule has 0 saturated carbocycles. The van der Waals surface area contributed by atoms with E-state index in [1.807, 2.05) is 0 Å². The molecule has 0 saturated heterocycles. The van der Waals surface area contributed by atoms with Crippen LogP contribution in [0.4, 0.5) is 0 Å². The highest BCUT2D eigenvalue weighted by molar-refractivity contribution is 5.86. The van der Waals surface area contributed by atoms with Crippen LogP contribution in [0.5, 0.6) is 0 Å². The summed E-state index contributed by atoms with van der Waals surface area (Å²) in [5.74, 6) is -0.731. The first-order valence-electron chi connectivity index (χ1n) is 4.93. The molecule has 2 aromatic heterocycles. The van der Waals surface area contributed by atoms with Gasteiger partial charge in [0.25, 0.3) is 5.56 Å². The van der Waals surface area contributed by atoms with E-state index in [1.165, 1.54) is 22.9 Å². The normalized spacial score (nSPS) is 10.4. The quantitative estimate of drug-likeness (QED) is 0.852. The third-order valence-corrected chi connectivity index (χ3v) is 2.25. The van der Waals surface area contributed by atoms with Crippen LogP contribution in [0.1, 0.15) is 21.8 Å². The number of hydrogen-bond acceptors (Lipinski definition) is 4. The fourth-order valence-electron chi connectivity index (χ4n) is 1.48. The Bertz CT molecular complexity index is 612. The minimum atomic E-state index is -1.24. The second-order valence-electron chi connectivity index (χ2n) is 3.59. The molecule has 0 aliphatic carbocycles. The molecule has 0 fully saturated rings. The fraction of sp³-hybridized carbons (Fsp3) is 0.182. The van der Waals surface area contributed by atoms with Crippen molar-refractivity contribution in [2.45, 2.75) is 13.5 Å². The van der Waals surface area contributed by atoms with Crippen LogP contribution in [-0.2, 0) is 6.54 Å². The number of hydrogen-bond donors (Lipinski definition) is 1.